The summed E-state index contributed by atoms with van der Waals surface area (Å²) in [5.74, 6) is -0.520. The molecular weight excluding hydrogens is 330 g/mol. The van der Waals surface area contributed by atoms with Gasteiger partial charge in [-0.05, 0) is 36.8 Å². The number of hydrogen-bond acceptors (Lipinski definition) is 4. The van der Waals surface area contributed by atoms with Crippen molar-refractivity contribution >= 4 is 40.0 Å². The van der Waals surface area contributed by atoms with E-state index in [1.165, 1.54) is 0 Å². The Labute approximate surface area is 142 Å². The standard InChI is InChI=1S/C17H14ClN3O3/c18-11-3-1-2-4-14(11)21-8-7-12(16(21)22)19-10-5-6-15-13(9-10)20-17(23)24-15/h1-6,9,12,19H,7-8H2,(H,20,23)/t12-/m1/s1. The lowest BCUT2D eigenvalue weighted by molar-refractivity contribution is -0.117. The van der Waals surface area contributed by atoms with E-state index in [0.717, 1.165) is 11.4 Å². The van der Waals surface area contributed by atoms with Gasteiger partial charge in [0.05, 0.1) is 16.2 Å². The van der Waals surface area contributed by atoms with Crippen LogP contribution in [0.15, 0.2) is 51.7 Å². The summed E-state index contributed by atoms with van der Waals surface area (Å²) in [7, 11) is 0. The SMILES string of the molecule is O=C1[C@H](Nc2ccc3oc(=O)[nH]c3c2)CCN1c1ccccc1Cl. The van der Waals surface area contributed by atoms with Crippen molar-refractivity contribution in [3.05, 3.63) is 58.0 Å². The largest absolute Gasteiger partial charge is 0.417 e. The first-order valence-electron chi connectivity index (χ1n) is 7.57. The quantitative estimate of drug-likeness (QED) is 0.766. The van der Waals surface area contributed by atoms with Crippen LogP contribution in [0.3, 0.4) is 0 Å². The number of carbonyl (C=O) groups excluding carboxylic acids is 1. The van der Waals surface area contributed by atoms with Crippen molar-refractivity contribution in [2.75, 3.05) is 16.8 Å². The number of aromatic amines is 1. The highest BCUT2D eigenvalue weighted by atomic mass is 35.5. The third-order valence-corrected chi connectivity index (χ3v) is 4.43. The van der Waals surface area contributed by atoms with Crippen molar-refractivity contribution in [2.45, 2.75) is 12.5 Å². The molecule has 1 saturated heterocycles. The average Bonchev–Trinajstić information content (AvgIpc) is 3.10. The fourth-order valence-electron chi connectivity index (χ4n) is 2.97. The summed E-state index contributed by atoms with van der Waals surface area (Å²) in [5, 5.41) is 3.77. The Hall–Kier alpha value is -2.73. The molecule has 122 valence electrons. The number of nitrogens with one attached hydrogen (secondary N) is 2. The Morgan fingerprint density at radius 3 is 2.88 bits per heavy atom. The molecule has 1 aromatic heterocycles. The molecule has 0 spiro atoms. The topological polar surface area (TPSA) is 78.3 Å². The highest BCUT2D eigenvalue weighted by Gasteiger charge is 2.33. The zero-order valence-electron chi connectivity index (χ0n) is 12.6. The number of halogens is 1. The Balaban J connectivity index is 1.56. The van der Waals surface area contributed by atoms with Gasteiger partial charge < -0.3 is 14.6 Å². The van der Waals surface area contributed by atoms with Crippen LogP contribution in [0.5, 0.6) is 0 Å². The highest BCUT2D eigenvalue weighted by molar-refractivity contribution is 6.34. The van der Waals surface area contributed by atoms with Crippen molar-refractivity contribution in [3.8, 4) is 0 Å². The minimum atomic E-state index is -0.496. The average molecular weight is 344 g/mol. The van der Waals surface area contributed by atoms with Gasteiger partial charge in [-0.15, -0.1) is 0 Å². The molecule has 3 aromatic rings. The first-order valence-corrected chi connectivity index (χ1v) is 7.95. The Morgan fingerprint density at radius 2 is 2.04 bits per heavy atom. The van der Waals surface area contributed by atoms with Gasteiger partial charge in [-0.1, -0.05) is 23.7 Å². The van der Waals surface area contributed by atoms with Gasteiger partial charge in [0.25, 0.3) is 0 Å². The number of nitrogens with zero attached hydrogens (tertiary/aromatic N) is 1. The monoisotopic (exact) mass is 343 g/mol. The predicted molar refractivity (Wildman–Crippen MR) is 92.7 cm³/mol. The molecule has 6 nitrogen and oxygen atoms in total. The zero-order valence-corrected chi connectivity index (χ0v) is 13.3. The maximum Gasteiger partial charge on any atom is 0.417 e. The summed E-state index contributed by atoms with van der Waals surface area (Å²) in [6.45, 7) is 0.602. The molecule has 1 amide bonds. The number of fused-ring (bicyclic) bond motifs is 1. The van der Waals surface area contributed by atoms with E-state index in [2.05, 4.69) is 10.3 Å². The van der Waals surface area contributed by atoms with Crippen molar-refractivity contribution in [1.29, 1.82) is 0 Å². The molecule has 2 N–H and O–H groups in total. The Morgan fingerprint density at radius 1 is 1.21 bits per heavy atom. The summed E-state index contributed by atoms with van der Waals surface area (Å²) < 4.78 is 4.97. The zero-order chi connectivity index (χ0) is 16.7. The van der Waals surface area contributed by atoms with Crippen LogP contribution in [0.2, 0.25) is 5.02 Å². The van der Waals surface area contributed by atoms with Crippen LogP contribution >= 0.6 is 11.6 Å². The first-order chi connectivity index (χ1) is 11.6. The van der Waals surface area contributed by atoms with Crippen LogP contribution in [0.4, 0.5) is 11.4 Å². The van der Waals surface area contributed by atoms with E-state index in [1.54, 1.807) is 29.2 Å². The van der Waals surface area contributed by atoms with Gasteiger partial charge in [0.2, 0.25) is 5.91 Å². The molecule has 0 aliphatic carbocycles. The van der Waals surface area contributed by atoms with Gasteiger partial charge in [-0.3, -0.25) is 9.78 Å². The summed E-state index contributed by atoms with van der Waals surface area (Å²) in [5.41, 5.74) is 2.56. The van der Waals surface area contributed by atoms with Crippen molar-refractivity contribution in [2.24, 2.45) is 0 Å². The van der Waals surface area contributed by atoms with Gasteiger partial charge in [-0.2, -0.15) is 0 Å². The van der Waals surface area contributed by atoms with Gasteiger partial charge in [-0.25, -0.2) is 4.79 Å². The lowest BCUT2D eigenvalue weighted by Crippen LogP contribution is -2.33. The molecule has 7 heteroatoms. The number of carbonyl (C=O) groups is 1. The second-order valence-electron chi connectivity index (χ2n) is 5.65. The number of oxazole rings is 1. The van der Waals surface area contributed by atoms with Crippen molar-refractivity contribution in [1.82, 2.24) is 4.98 Å². The van der Waals surface area contributed by atoms with Crippen LogP contribution in [0.25, 0.3) is 11.1 Å². The molecule has 1 atom stereocenters. The number of rotatable bonds is 3. The molecule has 1 aliphatic rings. The van der Waals surface area contributed by atoms with Gasteiger partial charge in [0, 0.05) is 12.2 Å². The normalized spacial score (nSPS) is 17.6. The smallest absolute Gasteiger partial charge is 0.408 e. The van der Waals surface area contributed by atoms with Gasteiger partial charge >= 0.3 is 5.76 Å². The highest BCUT2D eigenvalue weighted by Crippen LogP contribution is 2.30. The molecule has 2 aromatic carbocycles. The summed E-state index contributed by atoms with van der Waals surface area (Å²) >= 11 is 6.19. The number of para-hydroxylation sites is 1. The maximum absolute atomic E-state index is 12.7. The van der Waals surface area contributed by atoms with Crippen molar-refractivity contribution in [3.63, 3.8) is 0 Å². The number of amides is 1. The maximum atomic E-state index is 12.7. The number of benzene rings is 2. The number of hydrogen-bond donors (Lipinski definition) is 2. The third kappa shape index (κ3) is 2.55. The minimum Gasteiger partial charge on any atom is -0.408 e. The fourth-order valence-corrected chi connectivity index (χ4v) is 3.20. The minimum absolute atomic E-state index is 0.0242. The number of H-pyrrole nitrogens is 1. The van der Waals surface area contributed by atoms with Crippen LogP contribution in [-0.2, 0) is 4.79 Å². The summed E-state index contributed by atoms with van der Waals surface area (Å²) in [4.78, 5) is 28.2. The van der Waals surface area contributed by atoms with Crippen LogP contribution in [0, 0.1) is 0 Å². The Kier molecular flexibility index (Phi) is 3.54. The summed E-state index contributed by atoms with van der Waals surface area (Å²) in [6.07, 6.45) is 0.671. The van der Waals surface area contributed by atoms with Crippen LogP contribution in [0.1, 0.15) is 6.42 Å². The molecule has 1 fully saturated rings. The molecular formula is C17H14ClN3O3. The lowest BCUT2D eigenvalue weighted by atomic mass is 10.2. The van der Waals surface area contributed by atoms with E-state index in [9.17, 15) is 9.59 Å². The third-order valence-electron chi connectivity index (χ3n) is 4.11. The van der Waals surface area contributed by atoms with Gasteiger partial charge in [0.1, 0.15) is 6.04 Å². The van der Waals surface area contributed by atoms with E-state index in [4.69, 9.17) is 16.0 Å². The molecule has 1 aliphatic heterocycles. The van der Waals surface area contributed by atoms with Crippen LogP contribution in [-0.4, -0.2) is 23.5 Å². The van der Waals surface area contributed by atoms with E-state index in [0.29, 0.717) is 29.1 Å². The molecule has 0 bridgehead atoms. The molecule has 0 unspecified atom stereocenters. The molecule has 2 heterocycles. The fraction of sp³-hybridized carbons (Fsp3) is 0.176. The second kappa shape index (κ2) is 5.72. The molecule has 4 rings (SSSR count). The van der Waals surface area contributed by atoms with Gasteiger partial charge in [0.15, 0.2) is 5.58 Å². The molecule has 24 heavy (non-hydrogen) atoms. The van der Waals surface area contributed by atoms with E-state index < -0.39 is 5.76 Å². The number of aromatic nitrogens is 1. The predicted octanol–water partition coefficient (Wildman–Crippen LogP) is 2.99. The molecule has 0 radical (unpaired) electrons. The number of anilines is 2. The first kappa shape index (κ1) is 14.8. The molecule has 0 saturated carbocycles. The lowest BCUT2D eigenvalue weighted by Gasteiger charge is -2.18. The van der Waals surface area contributed by atoms with E-state index in [1.807, 2.05) is 18.2 Å². The van der Waals surface area contributed by atoms with E-state index in [-0.39, 0.29) is 11.9 Å². The second-order valence-corrected chi connectivity index (χ2v) is 6.06. The summed E-state index contributed by atoms with van der Waals surface area (Å²) in [6, 6.07) is 12.2. The van der Waals surface area contributed by atoms with Crippen LogP contribution < -0.4 is 16.0 Å². The Bertz CT molecular complexity index is 978. The van der Waals surface area contributed by atoms with Crippen molar-refractivity contribution < 1.29 is 9.21 Å². The van der Waals surface area contributed by atoms with E-state index >= 15 is 0 Å².